The molecule has 0 radical (unpaired) electrons. The summed E-state index contributed by atoms with van der Waals surface area (Å²) in [6.45, 7) is 3.98. The minimum Gasteiger partial charge on any atom is -0.474 e. The standard InChI is InChI=1S/C11H17N3O3/c1-4-5-8(2)17-11-7-9(14(15)16)6-10(12-3)13-11/h6-8H,4-5H2,1-3H3,(H,12,13). The minimum atomic E-state index is -0.458. The summed E-state index contributed by atoms with van der Waals surface area (Å²) in [7, 11) is 1.66. The smallest absolute Gasteiger partial charge is 0.278 e. The zero-order chi connectivity index (χ0) is 12.8. The number of aromatic nitrogens is 1. The number of rotatable bonds is 6. The summed E-state index contributed by atoms with van der Waals surface area (Å²) in [5.74, 6) is 0.711. The lowest BCUT2D eigenvalue weighted by molar-refractivity contribution is -0.384. The number of hydrogen-bond acceptors (Lipinski definition) is 5. The number of anilines is 1. The maximum atomic E-state index is 10.7. The highest BCUT2D eigenvalue weighted by molar-refractivity contribution is 5.47. The van der Waals surface area contributed by atoms with E-state index in [2.05, 4.69) is 17.2 Å². The van der Waals surface area contributed by atoms with Gasteiger partial charge in [0, 0.05) is 7.05 Å². The van der Waals surface area contributed by atoms with E-state index in [1.165, 1.54) is 12.1 Å². The van der Waals surface area contributed by atoms with E-state index < -0.39 is 4.92 Å². The van der Waals surface area contributed by atoms with Crippen LogP contribution in [0.3, 0.4) is 0 Å². The number of nitrogens with zero attached hydrogens (tertiary/aromatic N) is 2. The molecule has 94 valence electrons. The summed E-state index contributed by atoms with van der Waals surface area (Å²) < 4.78 is 5.53. The van der Waals surface area contributed by atoms with Gasteiger partial charge in [0.1, 0.15) is 5.82 Å². The second-order valence-electron chi connectivity index (χ2n) is 3.77. The highest BCUT2D eigenvalue weighted by Gasteiger charge is 2.13. The topological polar surface area (TPSA) is 77.3 Å². The van der Waals surface area contributed by atoms with Gasteiger partial charge < -0.3 is 10.1 Å². The van der Waals surface area contributed by atoms with Gasteiger partial charge in [0.05, 0.1) is 23.2 Å². The molecule has 0 bridgehead atoms. The Kier molecular flexibility index (Phi) is 4.68. The molecule has 0 spiro atoms. The van der Waals surface area contributed by atoms with Gasteiger partial charge in [-0.3, -0.25) is 10.1 Å². The van der Waals surface area contributed by atoms with Crippen molar-refractivity contribution in [3.8, 4) is 5.88 Å². The van der Waals surface area contributed by atoms with Gasteiger partial charge in [0.2, 0.25) is 5.88 Å². The largest absolute Gasteiger partial charge is 0.474 e. The summed E-state index contributed by atoms with van der Waals surface area (Å²) in [6.07, 6.45) is 1.88. The van der Waals surface area contributed by atoms with E-state index in [4.69, 9.17) is 4.74 Å². The van der Waals surface area contributed by atoms with Crippen molar-refractivity contribution < 1.29 is 9.66 Å². The van der Waals surface area contributed by atoms with Crippen LogP contribution in [0.5, 0.6) is 5.88 Å². The molecule has 0 aliphatic carbocycles. The number of nitrogens with one attached hydrogen (secondary N) is 1. The molecule has 1 N–H and O–H groups in total. The monoisotopic (exact) mass is 239 g/mol. The second-order valence-corrected chi connectivity index (χ2v) is 3.77. The molecule has 0 aromatic carbocycles. The van der Waals surface area contributed by atoms with Crippen molar-refractivity contribution in [3.63, 3.8) is 0 Å². The Bertz CT molecular complexity index is 396. The van der Waals surface area contributed by atoms with Crippen LogP contribution in [0, 0.1) is 10.1 Å². The zero-order valence-corrected chi connectivity index (χ0v) is 10.3. The average molecular weight is 239 g/mol. The molecule has 0 amide bonds. The first-order valence-corrected chi connectivity index (χ1v) is 5.57. The van der Waals surface area contributed by atoms with E-state index in [-0.39, 0.29) is 17.7 Å². The van der Waals surface area contributed by atoms with Crippen LogP contribution in [0.25, 0.3) is 0 Å². The first kappa shape index (κ1) is 13.2. The van der Waals surface area contributed by atoms with Gasteiger partial charge in [-0.1, -0.05) is 13.3 Å². The van der Waals surface area contributed by atoms with Crippen LogP contribution in [-0.2, 0) is 0 Å². The van der Waals surface area contributed by atoms with Gasteiger partial charge in [-0.25, -0.2) is 0 Å². The number of pyridine rings is 1. The summed E-state index contributed by atoms with van der Waals surface area (Å²) in [5.41, 5.74) is -0.0250. The Hall–Kier alpha value is -1.85. The van der Waals surface area contributed by atoms with E-state index in [9.17, 15) is 10.1 Å². The first-order chi connectivity index (χ1) is 8.06. The van der Waals surface area contributed by atoms with Crippen molar-refractivity contribution in [3.05, 3.63) is 22.2 Å². The van der Waals surface area contributed by atoms with Crippen LogP contribution in [0.2, 0.25) is 0 Å². The lowest BCUT2D eigenvalue weighted by atomic mass is 10.2. The highest BCUT2D eigenvalue weighted by atomic mass is 16.6. The molecule has 1 aromatic heterocycles. The number of ether oxygens (including phenoxy) is 1. The van der Waals surface area contributed by atoms with Crippen LogP contribution in [0.4, 0.5) is 11.5 Å². The summed E-state index contributed by atoms with van der Waals surface area (Å²) in [5, 5.41) is 13.5. The molecular weight excluding hydrogens is 222 g/mol. The second kappa shape index (κ2) is 6.03. The summed E-state index contributed by atoms with van der Waals surface area (Å²) >= 11 is 0. The number of hydrogen-bond donors (Lipinski definition) is 1. The Morgan fingerprint density at radius 1 is 1.59 bits per heavy atom. The van der Waals surface area contributed by atoms with Gasteiger partial charge in [-0.2, -0.15) is 4.98 Å². The third kappa shape index (κ3) is 3.90. The number of nitro groups is 1. The molecule has 1 rings (SSSR count). The summed E-state index contributed by atoms with van der Waals surface area (Å²) in [6, 6.07) is 2.71. The van der Waals surface area contributed by atoms with E-state index in [0.717, 1.165) is 12.8 Å². The SMILES string of the molecule is CCCC(C)Oc1cc([N+](=O)[O-])cc(NC)n1. The molecule has 1 aromatic rings. The van der Waals surface area contributed by atoms with E-state index in [1.54, 1.807) is 7.05 Å². The molecule has 0 saturated carbocycles. The van der Waals surface area contributed by atoms with Gasteiger partial charge in [0.25, 0.3) is 5.69 Å². The van der Waals surface area contributed by atoms with Gasteiger partial charge >= 0.3 is 0 Å². The van der Waals surface area contributed by atoms with Crippen LogP contribution in [0.1, 0.15) is 26.7 Å². The lowest BCUT2D eigenvalue weighted by Crippen LogP contribution is -2.12. The van der Waals surface area contributed by atoms with E-state index in [1.807, 2.05) is 6.92 Å². The molecule has 1 heterocycles. The Morgan fingerprint density at radius 3 is 2.82 bits per heavy atom. The van der Waals surface area contributed by atoms with Crippen molar-refractivity contribution in [2.45, 2.75) is 32.8 Å². The van der Waals surface area contributed by atoms with Gasteiger partial charge in [0.15, 0.2) is 0 Å². The molecule has 1 unspecified atom stereocenters. The molecule has 6 heteroatoms. The average Bonchev–Trinajstić information content (AvgIpc) is 2.28. The molecule has 0 saturated heterocycles. The third-order valence-corrected chi connectivity index (χ3v) is 2.27. The highest BCUT2D eigenvalue weighted by Crippen LogP contribution is 2.23. The van der Waals surface area contributed by atoms with Crippen LogP contribution in [-0.4, -0.2) is 23.1 Å². The van der Waals surface area contributed by atoms with Gasteiger partial charge in [-0.15, -0.1) is 0 Å². The molecule has 0 aliphatic heterocycles. The Labute approximate surface area is 100 Å². The van der Waals surface area contributed by atoms with Crippen molar-refractivity contribution in [1.29, 1.82) is 0 Å². The summed E-state index contributed by atoms with van der Waals surface area (Å²) in [4.78, 5) is 14.4. The fourth-order valence-corrected chi connectivity index (χ4v) is 1.46. The fraction of sp³-hybridized carbons (Fsp3) is 0.545. The predicted octanol–water partition coefficient (Wildman–Crippen LogP) is 2.60. The molecule has 6 nitrogen and oxygen atoms in total. The van der Waals surface area contributed by atoms with E-state index in [0.29, 0.717) is 5.82 Å². The molecule has 0 fully saturated rings. The maximum absolute atomic E-state index is 10.7. The minimum absolute atomic E-state index is 0.000731. The lowest BCUT2D eigenvalue weighted by Gasteiger charge is -2.13. The van der Waals surface area contributed by atoms with Gasteiger partial charge in [-0.05, 0) is 13.3 Å². The normalized spacial score (nSPS) is 11.9. The molecule has 17 heavy (non-hydrogen) atoms. The predicted molar refractivity (Wildman–Crippen MR) is 65.4 cm³/mol. The van der Waals surface area contributed by atoms with Crippen LogP contribution < -0.4 is 10.1 Å². The maximum Gasteiger partial charge on any atom is 0.278 e. The fourth-order valence-electron chi connectivity index (χ4n) is 1.46. The van der Waals surface area contributed by atoms with E-state index >= 15 is 0 Å². The van der Waals surface area contributed by atoms with Crippen LogP contribution >= 0.6 is 0 Å². The Morgan fingerprint density at radius 2 is 2.29 bits per heavy atom. The first-order valence-electron chi connectivity index (χ1n) is 5.57. The quantitative estimate of drug-likeness (QED) is 0.609. The van der Waals surface area contributed by atoms with Crippen LogP contribution in [0.15, 0.2) is 12.1 Å². The zero-order valence-electron chi connectivity index (χ0n) is 10.3. The van der Waals surface area contributed by atoms with Crippen molar-refractivity contribution in [2.24, 2.45) is 0 Å². The van der Waals surface area contributed by atoms with Crippen molar-refractivity contribution in [1.82, 2.24) is 4.98 Å². The molecular formula is C11H17N3O3. The molecule has 0 aliphatic rings. The van der Waals surface area contributed by atoms with Crippen molar-refractivity contribution in [2.75, 3.05) is 12.4 Å². The molecule has 1 atom stereocenters. The Balaban J connectivity index is 2.90. The van der Waals surface area contributed by atoms with Crippen molar-refractivity contribution >= 4 is 11.5 Å². The third-order valence-electron chi connectivity index (χ3n) is 2.27.